The zero-order valence-electron chi connectivity index (χ0n) is 14.0. The highest BCUT2D eigenvalue weighted by atomic mass is 32.2. The van der Waals surface area contributed by atoms with Gasteiger partial charge in [0.2, 0.25) is 10.0 Å². The van der Waals surface area contributed by atoms with Crippen LogP contribution >= 0.6 is 0 Å². The lowest BCUT2D eigenvalue weighted by Crippen LogP contribution is -2.31. The number of nitrogens with two attached hydrogens (primary N) is 1. The Bertz CT molecular complexity index is 907. The fraction of sp³-hybridized carbons (Fsp3) is 0.375. The van der Waals surface area contributed by atoms with E-state index in [9.17, 15) is 13.2 Å². The molecule has 1 amide bonds. The van der Waals surface area contributed by atoms with Crippen LogP contribution in [0.15, 0.2) is 35.5 Å². The molecular weight excluding hydrogens is 344 g/mol. The lowest BCUT2D eigenvalue weighted by Gasteiger charge is -2.17. The van der Waals surface area contributed by atoms with Crippen molar-refractivity contribution in [2.24, 2.45) is 12.8 Å². The maximum atomic E-state index is 12.8. The number of sulfonamides is 1. The van der Waals surface area contributed by atoms with Crippen molar-refractivity contribution >= 4 is 15.9 Å². The normalized spacial score (nSPS) is 18.4. The molecule has 0 unspecified atom stereocenters. The second-order valence-corrected chi connectivity index (χ2v) is 7.95. The third kappa shape index (κ3) is 3.38. The number of amides is 1. The molecule has 1 fully saturated rings. The number of aryl methyl sites for hydroxylation is 2. The topological polar surface area (TPSA) is 108 Å². The van der Waals surface area contributed by atoms with E-state index in [0.29, 0.717) is 18.7 Å². The Hall–Kier alpha value is -2.39. The minimum Gasteiger partial charge on any atom is -0.487 e. The molecule has 8 nitrogen and oxygen atoms in total. The average molecular weight is 364 g/mol. The van der Waals surface area contributed by atoms with Crippen molar-refractivity contribution in [3.8, 4) is 5.75 Å². The van der Waals surface area contributed by atoms with Gasteiger partial charge in [-0.2, -0.15) is 4.31 Å². The van der Waals surface area contributed by atoms with Gasteiger partial charge in [-0.05, 0) is 31.5 Å². The summed E-state index contributed by atoms with van der Waals surface area (Å²) in [6, 6.07) is 4.90. The smallest absolute Gasteiger partial charge is 0.265 e. The van der Waals surface area contributed by atoms with Gasteiger partial charge in [0.15, 0.2) is 0 Å². The highest BCUT2D eigenvalue weighted by molar-refractivity contribution is 7.89. The van der Waals surface area contributed by atoms with Gasteiger partial charge >= 0.3 is 0 Å². The molecule has 0 bridgehead atoms. The third-order valence-corrected chi connectivity index (χ3v) is 6.06. The lowest BCUT2D eigenvalue weighted by molar-refractivity contribution is 0.0992. The highest BCUT2D eigenvalue weighted by Crippen LogP contribution is 2.26. The van der Waals surface area contributed by atoms with Crippen LogP contribution in [0.4, 0.5) is 0 Å². The number of carbonyl (C=O) groups excluding carboxylic acids is 1. The number of nitrogens with zero attached hydrogens (tertiary/aromatic N) is 3. The summed E-state index contributed by atoms with van der Waals surface area (Å²) >= 11 is 0. The number of hydrogen-bond acceptors (Lipinski definition) is 5. The molecule has 9 heteroatoms. The Morgan fingerprint density at radius 3 is 2.84 bits per heavy atom. The van der Waals surface area contributed by atoms with Gasteiger partial charge < -0.3 is 15.0 Å². The molecule has 3 rings (SSSR count). The number of rotatable bonds is 5. The van der Waals surface area contributed by atoms with Crippen LogP contribution in [-0.2, 0) is 17.1 Å². The molecule has 2 N–H and O–H groups in total. The molecule has 1 saturated heterocycles. The molecule has 0 aromatic carbocycles. The zero-order chi connectivity index (χ0) is 18.2. The van der Waals surface area contributed by atoms with Crippen molar-refractivity contribution in [3.63, 3.8) is 0 Å². The van der Waals surface area contributed by atoms with Gasteiger partial charge in [0, 0.05) is 26.0 Å². The van der Waals surface area contributed by atoms with Crippen molar-refractivity contribution in [1.29, 1.82) is 0 Å². The lowest BCUT2D eigenvalue weighted by atomic mass is 10.3. The minimum absolute atomic E-state index is 0.0574. The minimum atomic E-state index is -3.70. The van der Waals surface area contributed by atoms with Crippen molar-refractivity contribution < 1.29 is 17.9 Å². The van der Waals surface area contributed by atoms with E-state index in [4.69, 9.17) is 10.5 Å². The van der Waals surface area contributed by atoms with E-state index in [0.717, 1.165) is 5.69 Å². The molecule has 2 aromatic rings. The van der Waals surface area contributed by atoms with Gasteiger partial charge in [0.05, 0.1) is 12.2 Å². The molecule has 1 aliphatic rings. The first-order chi connectivity index (χ1) is 11.8. The van der Waals surface area contributed by atoms with Crippen LogP contribution < -0.4 is 10.5 Å². The predicted octanol–water partition coefficient (Wildman–Crippen LogP) is 0.669. The van der Waals surface area contributed by atoms with Crippen molar-refractivity contribution in [3.05, 3.63) is 42.0 Å². The first kappa shape index (κ1) is 17.4. The number of primary amides is 1. The summed E-state index contributed by atoms with van der Waals surface area (Å²) in [7, 11) is -2.12. The third-order valence-electron chi connectivity index (χ3n) is 4.23. The Morgan fingerprint density at radius 2 is 2.20 bits per heavy atom. The summed E-state index contributed by atoms with van der Waals surface area (Å²) < 4.78 is 34.2. The van der Waals surface area contributed by atoms with Crippen LogP contribution in [0.1, 0.15) is 22.6 Å². The predicted molar refractivity (Wildman–Crippen MR) is 90.7 cm³/mol. The molecule has 0 saturated carbocycles. The highest BCUT2D eigenvalue weighted by Gasteiger charge is 2.35. The fourth-order valence-electron chi connectivity index (χ4n) is 2.86. The number of carbonyl (C=O) groups is 1. The summed E-state index contributed by atoms with van der Waals surface area (Å²) in [5.41, 5.74) is 6.16. The second-order valence-electron chi connectivity index (χ2n) is 6.01. The van der Waals surface area contributed by atoms with Gasteiger partial charge in [0.25, 0.3) is 5.91 Å². The van der Waals surface area contributed by atoms with E-state index in [1.807, 2.05) is 13.0 Å². The largest absolute Gasteiger partial charge is 0.487 e. The molecule has 0 aliphatic carbocycles. The number of ether oxygens (including phenoxy) is 1. The van der Waals surface area contributed by atoms with Gasteiger partial charge in [-0.25, -0.2) is 8.42 Å². The van der Waals surface area contributed by atoms with Gasteiger partial charge in [-0.1, -0.05) is 0 Å². The van der Waals surface area contributed by atoms with Gasteiger partial charge in [0.1, 0.15) is 22.4 Å². The van der Waals surface area contributed by atoms with E-state index in [1.54, 1.807) is 19.3 Å². The van der Waals surface area contributed by atoms with Crippen LogP contribution in [0.25, 0.3) is 0 Å². The Balaban J connectivity index is 1.75. The monoisotopic (exact) mass is 364 g/mol. The van der Waals surface area contributed by atoms with Crippen molar-refractivity contribution in [2.45, 2.75) is 24.3 Å². The van der Waals surface area contributed by atoms with Crippen molar-refractivity contribution in [2.75, 3.05) is 13.1 Å². The first-order valence-corrected chi connectivity index (χ1v) is 9.27. The molecular formula is C16H20N4O4S. The van der Waals surface area contributed by atoms with Crippen LogP contribution in [-0.4, -0.2) is 47.4 Å². The molecule has 1 atom stereocenters. The molecule has 2 aromatic heterocycles. The Labute approximate surface area is 146 Å². The maximum absolute atomic E-state index is 12.8. The Kier molecular flexibility index (Phi) is 4.53. The molecule has 3 heterocycles. The van der Waals surface area contributed by atoms with Crippen molar-refractivity contribution in [1.82, 2.24) is 13.9 Å². The second kappa shape index (κ2) is 6.49. The molecule has 134 valence electrons. The SMILES string of the molecule is Cc1ncccc1O[C@H]1CCN(S(=O)(=O)c2cc(C(N)=O)n(C)c2)C1. The maximum Gasteiger partial charge on any atom is 0.265 e. The van der Waals surface area contributed by atoms with Crippen LogP contribution in [0.5, 0.6) is 5.75 Å². The van der Waals surface area contributed by atoms with E-state index >= 15 is 0 Å². The van der Waals surface area contributed by atoms with Gasteiger partial charge in [-0.15, -0.1) is 0 Å². The van der Waals surface area contributed by atoms with Gasteiger partial charge in [-0.3, -0.25) is 9.78 Å². The van der Waals surface area contributed by atoms with E-state index in [2.05, 4.69) is 4.98 Å². The summed E-state index contributed by atoms with van der Waals surface area (Å²) in [5.74, 6) is -0.0129. The van der Waals surface area contributed by atoms with Crippen LogP contribution in [0.2, 0.25) is 0 Å². The number of aromatic nitrogens is 2. The summed E-state index contributed by atoms with van der Waals surface area (Å²) in [6.07, 6.45) is 3.43. The molecule has 1 aliphatic heterocycles. The molecule has 25 heavy (non-hydrogen) atoms. The Morgan fingerprint density at radius 1 is 1.44 bits per heavy atom. The van der Waals surface area contributed by atoms with Crippen LogP contribution in [0.3, 0.4) is 0 Å². The number of pyridine rings is 1. The molecule has 0 radical (unpaired) electrons. The fourth-order valence-corrected chi connectivity index (χ4v) is 4.41. The van der Waals surface area contributed by atoms with E-state index in [-0.39, 0.29) is 23.2 Å². The summed E-state index contributed by atoms with van der Waals surface area (Å²) in [5, 5.41) is 0. The first-order valence-electron chi connectivity index (χ1n) is 7.83. The average Bonchev–Trinajstić information content (AvgIpc) is 3.17. The van der Waals surface area contributed by atoms with E-state index < -0.39 is 15.9 Å². The van der Waals surface area contributed by atoms with E-state index in [1.165, 1.54) is 21.1 Å². The standard InChI is InChI=1S/C16H20N4O4S/c1-11-15(4-3-6-18-11)24-12-5-7-20(9-12)25(22,23)13-8-14(16(17)21)19(2)10-13/h3-4,6,8,10,12H,5,7,9H2,1-2H3,(H2,17,21)/t12-/m0/s1. The van der Waals surface area contributed by atoms with Crippen LogP contribution in [0, 0.1) is 6.92 Å². The quantitative estimate of drug-likeness (QED) is 0.839. The summed E-state index contributed by atoms with van der Waals surface area (Å²) in [6.45, 7) is 2.44. The zero-order valence-corrected chi connectivity index (χ0v) is 14.9. The number of hydrogen-bond donors (Lipinski definition) is 1. The summed E-state index contributed by atoms with van der Waals surface area (Å²) in [4.78, 5) is 15.6. The molecule has 0 spiro atoms.